The summed E-state index contributed by atoms with van der Waals surface area (Å²) in [5.41, 5.74) is 0. The molecule has 0 spiro atoms. The molecule has 1 rings (SSSR count). The zero-order valence-corrected chi connectivity index (χ0v) is 9.22. The van der Waals surface area contributed by atoms with Gasteiger partial charge in [-0.1, -0.05) is 25.1 Å². The summed E-state index contributed by atoms with van der Waals surface area (Å²) >= 11 is 5.02. The summed E-state index contributed by atoms with van der Waals surface area (Å²) in [6.07, 6.45) is 0.867. The van der Waals surface area contributed by atoms with Crippen LogP contribution in [0.3, 0.4) is 0 Å². The van der Waals surface area contributed by atoms with Crippen LogP contribution in [0.5, 0.6) is 0 Å². The lowest BCUT2D eigenvalue weighted by Crippen LogP contribution is -2.06. The Morgan fingerprint density at radius 2 is 2.00 bits per heavy atom. The van der Waals surface area contributed by atoms with Crippen LogP contribution in [0.1, 0.15) is 13.3 Å². The molecule has 0 aromatic heterocycles. The van der Waals surface area contributed by atoms with E-state index in [0.29, 0.717) is 6.61 Å². The Kier molecular flexibility index (Phi) is 4.07. The lowest BCUT2D eigenvalue weighted by molar-refractivity contribution is 0.314. The Morgan fingerprint density at radius 3 is 2.54 bits per heavy atom. The van der Waals surface area contributed by atoms with E-state index in [0.717, 1.165) is 11.7 Å². The lowest BCUT2D eigenvalue weighted by atomic mass is 10.4. The zero-order chi connectivity index (χ0) is 9.73. The molecule has 0 aliphatic heterocycles. The first-order valence-electron chi connectivity index (χ1n) is 4.20. The molecule has 0 amide bonds. The summed E-state index contributed by atoms with van der Waals surface area (Å²) in [5.74, 6) is 0. The third-order valence-electron chi connectivity index (χ3n) is 1.55. The molecule has 1 atom stereocenters. The monoisotopic (exact) mass is 216 g/mol. The van der Waals surface area contributed by atoms with Crippen LogP contribution in [0, 0.1) is 0 Å². The van der Waals surface area contributed by atoms with Gasteiger partial charge in [-0.3, -0.25) is 0 Å². The van der Waals surface area contributed by atoms with Gasteiger partial charge in [-0.25, -0.2) is 0 Å². The standard InChI is InChI=1S/C9H13O2PS/c1-2-8-11-12(10,13)9-6-4-3-5-7-9/h3-7H,2,8H2,1H3,(H,10,13). The predicted molar refractivity (Wildman–Crippen MR) is 58.8 cm³/mol. The maximum Gasteiger partial charge on any atom is 0.216 e. The molecule has 0 aliphatic carbocycles. The minimum atomic E-state index is -2.73. The van der Waals surface area contributed by atoms with Crippen molar-refractivity contribution in [2.75, 3.05) is 6.61 Å². The molecule has 1 aromatic carbocycles. The minimum absolute atomic E-state index is 0.517. The van der Waals surface area contributed by atoms with Crippen LogP contribution in [-0.4, -0.2) is 11.5 Å². The van der Waals surface area contributed by atoms with Gasteiger partial charge >= 0.3 is 0 Å². The third kappa shape index (κ3) is 3.20. The molecule has 1 N–H and O–H groups in total. The van der Waals surface area contributed by atoms with Crippen molar-refractivity contribution in [1.82, 2.24) is 0 Å². The first-order valence-corrected chi connectivity index (χ1v) is 6.87. The Morgan fingerprint density at radius 1 is 1.38 bits per heavy atom. The van der Waals surface area contributed by atoms with E-state index < -0.39 is 6.49 Å². The first-order chi connectivity index (χ1) is 6.17. The highest BCUT2D eigenvalue weighted by Crippen LogP contribution is 2.40. The smallest absolute Gasteiger partial charge is 0.216 e. The SMILES string of the molecule is CCCOP(O)(=S)c1ccccc1. The molecular formula is C9H13O2PS. The summed E-state index contributed by atoms with van der Waals surface area (Å²) in [5, 5.41) is 0.721. The van der Waals surface area contributed by atoms with Crippen LogP contribution in [0.15, 0.2) is 30.3 Å². The number of rotatable bonds is 4. The Hall–Kier alpha value is -0.210. The molecule has 0 radical (unpaired) electrons. The van der Waals surface area contributed by atoms with Crippen molar-refractivity contribution in [3.05, 3.63) is 30.3 Å². The molecular weight excluding hydrogens is 203 g/mol. The maximum absolute atomic E-state index is 9.82. The molecule has 0 heterocycles. The summed E-state index contributed by atoms with van der Waals surface area (Å²) in [6.45, 7) is -0.225. The molecule has 0 saturated heterocycles. The van der Waals surface area contributed by atoms with Crippen molar-refractivity contribution >= 4 is 23.6 Å². The van der Waals surface area contributed by atoms with Crippen molar-refractivity contribution in [3.63, 3.8) is 0 Å². The van der Waals surface area contributed by atoms with E-state index in [1.54, 1.807) is 12.1 Å². The van der Waals surface area contributed by atoms with E-state index in [-0.39, 0.29) is 0 Å². The second-order valence-corrected chi connectivity index (χ2v) is 5.99. The average molecular weight is 216 g/mol. The van der Waals surface area contributed by atoms with Gasteiger partial charge in [0.25, 0.3) is 0 Å². The Balaban J connectivity index is 2.76. The van der Waals surface area contributed by atoms with Gasteiger partial charge in [0.15, 0.2) is 0 Å². The van der Waals surface area contributed by atoms with Crippen molar-refractivity contribution in [2.24, 2.45) is 0 Å². The van der Waals surface area contributed by atoms with E-state index in [4.69, 9.17) is 16.3 Å². The zero-order valence-electron chi connectivity index (χ0n) is 7.51. The van der Waals surface area contributed by atoms with E-state index in [1.165, 1.54) is 0 Å². The van der Waals surface area contributed by atoms with Crippen molar-refractivity contribution in [2.45, 2.75) is 13.3 Å². The Labute approximate surface area is 83.7 Å². The normalized spacial score (nSPS) is 15.2. The van der Waals surface area contributed by atoms with Gasteiger partial charge in [0.05, 0.1) is 6.61 Å². The average Bonchev–Trinajstić information content (AvgIpc) is 2.16. The Bertz CT molecular complexity index is 300. The molecule has 72 valence electrons. The van der Waals surface area contributed by atoms with Gasteiger partial charge in [0.1, 0.15) is 0 Å². The fraction of sp³-hybridized carbons (Fsp3) is 0.333. The van der Waals surface area contributed by atoms with Crippen LogP contribution in [0.25, 0.3) is 0 Å². The molecule has 1 unspecified atom stereocenters. The van der Waals surface area contributed by atoms with Crippen molar-refractivity contribution in [1.29, 1.82) is 0 Å². The van der Waals surface area contributed by atoms with Gasteiger partial charge < -0.3 is 9.42 Å². The maximum atomic E-state index is 9.82. The van der Waals surface area contributed by atoms with E-state index >= 15 is 0 Å². The van der Waals surface area contributed by atoms with Crippen LogP contribution in [0.4, 0.5) is 0 Å². The van der Waals surface area contributed by atoms with Gasteiger partial charge in [-0.15, -0.1) is 0 Å². The van der Waals surface area contributed by atoms with E-state index in [2.05, 4.69) is 0 Å². The highest BCUT2D eigenvalue weighted by atomic mass is 32.5. The lowest BCUT2D eigenvalue weighted by Gasteiger charge is -2.14. The summed E-state index contributed by atoms with van der Waals surface area (Å²) in [7, 11) is 0. The third-order valence-corrected chi connectivity index (χ3v) is 3.98. The summed E-state index contributed by atoms with van der Waals surface area (Å²) in [4.78, 5) is 9.82. The summed E-state index contributed by atoms with van der Waals surface area (Å²) in [6, 6.07) is 9.19. The quantitative estimate of drug-likeness (QED) is 0.781. The van der Waals surface area contributed by atoms with Crippen LogP contribution in [-0.2, 0) is 16.3 Å². The molecule has 0 fully saturated rings. The molecule has 0 bridgehead atoms. The van der Waals surface area contributed by atoms with Crippen molar-refractivity contribution in [3.8, 4) is 0 Å². The molecule has 0 saturated carbocycles. The number of hydrogen-bond donors (Lipinski definition) is 1. The minimum Gasteiger partial charge on any atom is -0.342 e. The van der Waals surface area contributed by atoms with Crippen LogP contribution < -0.4 is 5.30 Å². The first kappa shape index (κ1) is 10.9. The molecule has 13 heavy (non-hydrogen) atoms. The molecule has 0 aliphatic rings. The number of hydrogen-bond acceptors (Lipinski definition) is 2. The predicted octanol–water partition coefficient (Wildman–Crippen LogP) is 2.04. The second-order valence-electron chi connectivity index (χ2n) is 2.69. The summed E-state index contributed by atoms with van der Waals surface area (Å²) < 4.78 is 5.25. The highest BCUT2D eigenvalue weighted by Gasteiger charge is 2.15. The molecule has 4 heteroatoms. The van der Waals surface area contributed by atoms with Gasteiger partial charge in [-0.2, -0.15) is 0 Å². The largest absolute Gasteiger partial charge is 0.342 e. The van der Waals surface area contributed by atoms with Crippen LogP contribution in [0.2, 0.25) is 0 Å². The second kappa shape index (κ2) is 4.87. The van der Waals surface area contributed by atoms with Gasteiger partial charge in [0, 0.05) is 5.30 Å². The van der Waals surface area contributed by atoms with Gasteiger partial charge in [-0.05, 0) is 30.4 Å². The fourth-order valence-electron chi connectivity index (χ4n) is 0.906. The number of benzene rings is 1. The highest BCUT2D eigenvalue weighted by molar-refractivity contribution is 8.13. The van der Waals surface area contributed by atoms with Crippen molar-refractivity contribution < 1.29 is 9.42 Å². The van der Waals surface area contributed by atoms with Gasteiger partial charge in [0.2, 0.25) is 6.49 Å². The van der Waals surface area contributed by atoms with Crippen LogP contribution >= 0.6 is 6.49 Å². The topological polar surface area (TPSA) is 29.5 Å². The van der Waals surface area contributed by atoms with E-state index in [9.17, 15) is 4.89 Å². The molecule has 1 aromatic rings. The fourth-order valence-corrected chi connectivity index (χ4v) is 2.62. The molecule has 2 nitrogen and oxygen atoms in total. The van der Waals surface area contributed by atoms with E-state index in [1.807, 2.05) is 25.1 Å².